The highest BCUT2D eigenvalue weighted by molar-refractivity contribution is 5.86. The molecule has 1 aromatic rings. The van der Waals surface area contributed by atoms with Gasteiger partial charge in [-0.2, -0.15) is 0 Å². The lowest BCUT2D eigenvalue weighted by atomic mass is 9.88. The first-order valence-electron chi connectivity index (χ1n) is 6.94. The second-order valence-corrected chi connectivity index (χ2v) is 4.65. The molecule has 2 rings (SSSR count). The first-order valence-corrected chi connectivity index (χ1v) is 6.94. The fourth-order valence-corrected chi connectivity index (χ4v) is 2.50. The third-order valence-corrected chi connectivity index (χ3v) is 3.51. The number of benzene rings is 1. The highest BCUT2D eigenvalue weighted by atomic mass is 16.9. The van der Waals surface area contributed by atoms with Gasteiger partial charge in [-0.05, 0) is 24.6 Å². The van der Waals surface area contributed by atoms with Crippen molar-refractivity contribution in [2.75, 3.05) is 13.7 Å². The summed E-state index contributed by atoms with van der Waals surface area (Å²) in [5.41, 5.74) is 1.81. The van der Waals surface area contributed by atoms with Gasteiger partial charge >= 0.3 is 0 Å². The molecule has 0 unspecified atom stereocenters. The SMILES string of the molecule is CCO[C@H]1C[C@H](c2ccc(OC)cc2)C(CC)=[N+]([O-])O1. The number of nitrogens with zero attached hydrogens (tertiary/aromatic N) is 1. The summed E-state index contributed by atoms with van der Waals surface area (Å²) in [4.78, 5) is 5.84. The van der Waals surface area contributed by atoms with Gasteiger partial charge in [-0.3, -0.25) is 5.21 Å². The zero-order chi connectivity index (χ0) is 14.5. The maximum Gasteiger partial charge on any atom is 0.229 e. The van der Waals surface area contributed by atoms with Crippen LogP contribution in [-0.2, 0) is 9.57 Å². The number of methoxy groups -OCH3 is 1. The van der Waals surface area contributed by atoms with Gasteiger partial charge in [0.1, 0.15) is 5.75 Å². The number of hydrogen-bond acceptors (Lipinski definition) is 4. The lowest BCUT2D eigenvalue weighted by Crippen LogP contribution is -2.37. The van der Waals surface area contributed by atoms with Crippen LogP contribution in [-0.4, -0.2) is 30.6 Å². The van der Waals surface area contributed by atoms with Crippen molar-refractivity contribution in [3.05, 3.63) is 35.0 Å². The van der Waals surface area contributed by atoms with E-state index in [0.717, 1.165) is 17.0 Å². The number of hydrogen-bond donors (Lipinski definition) is 0. The number of ether oxygens (including phenoxy) is 2. The quantitative estimate of drug-likeness (QED) is 0.778. The highest BCUT2D eigenvalue weighted by Crippen LogP contribution is 2.30. The van der Waals surface area contributed by atoms with E-state index in [2.05, 4.69) is 0 Å². The van der Waals surface area contributed by atoms with Crippen LogP contribution in [0.3, 0.4) is 0 Å². The maximum absolute atomic E-state index is 12.0. The molecule has 1 aliphatic rings. The van der Waals surface area contributed by atoms with E-state index in [9.17, 15) is 5.21 Å². The van der Waals surface area contributed by atoms with E-state index >= 15 is 0 Å². The molecule has 20 heavy (non-hydrogen) atoms. The lowest BCUT2D eigenvalue weighted by Gasteiger charge is -2.30. The van der Waals surface area contributed by atoms with Crippen LogP contribution < -0.4 is 4.74 Å². The predicted molar refractivity (Wildman–Crippen MR) is 75.8 cm³/mol. The summed E-state index contributed by atoms with van der Waals surface area (Å²) in [5, 5.41) is 12.0. The van der Waals surface area contributed by atoms with E-state index in [0.29, 0.717) is 24.4 Å². The van der Waals surface area contributed by atoms with Crippen molar-refractivity contribution in [1.29, 1.82) is 0 Å². The Hall–Kier alpha value is -1.75. The maximum atomic E-state index is 12.0. The van der Waals surface area contributed by atoms with Crippen molar-refractivity contribution in [1.82, 2.24) is 0 Å². The van der Waals surface area contributed by atoms with Gasteiger partial charge in [0, 0.05) is 24.4 Å². The van der Waals surface area contributed by atoms with Crippen molar-refractivity contribution in [2.45, 2.75) is 38.9 Å². The normalized spacial score (nSPS) is 22.6. The molecule has 0 aromatic heterocycles. The van der Waals surface area contributed by atoms with E-state index in [1.54, 1.807) is 7.11 Å². The van der Waals surface area contributed by atoms with Crippen molar-refractivity contribution in [3.63, 3.8) is 0 Å². The minimum atomic E-state index is -0.486. The molecule has 0 bridgehead atoms. The van der Waals surface area contributed by atoms with E-state index < -0.39 is 6.29 Å². The van der Waals surface area contributed by atoms with Crippen molar-refractivity contribution in [2.24, 2.45) is 0 Å². The molecule has 0 spiro atoms. The van der Waals surface area contributed by atoms with Crippen molar-refractivity contribution >= 4 is 5.71 Å². The van der Waals surface area contributed by atoms with Crippen LogP contribution in [0.25, 0.3) is 0 Å². The highest BCUT2D eigenvalue weighted by Gasteiger charge is 2.33. The molecule has 0 saturated heterocycles. The average Bonchev–Trinajstić information content (AvgIpc) is 2.47. The zero-order valence-corrected chi connectivity index (χ0v) is 12.2. The molecule has 5 heteroatoms. The van der Waals surface area contributed by atoms with Crippen LogP contribution in [0.4, 0.5) is 0 Å². The molecule has 0 amide bonds. The van der Waals surface area contributed by atoms with Gasteiger partial charge in [0.2, 0.25) is 5.71 Å². The predicted octanol–water partition coefficient (Wildman–Crippen LogP) is 2.84. The molecule has 1 heterocycles. The molecule has 110 valence electrons. The first-order chi connectivity index (χ1) is 9.69. The van der Waals surface area contributed by atoms with E-state index in [4.69, 9.17) is 14.3 Å². The van der Waals surface area contributed by atoms with E-state index in [1.807, 2.05) is 38.1 Å². The molecule has 0 saturated carbocycles. The van der Waals surface area contributed by atoms with E-state index in [-0.39, 0.29) is 5.92 Å². The molecule has 1 aromatic carbocycles. The van der Waals surface area contributed by atoms with Crippen molar-refractivity contribution < 1.29 is 19.2 Å². The molecule has 0 aliphatic carbocycles. The second kappa shape index (κ2) is 6.61. The molecule has 0 radical (unpaired) electrons. The zero-order valence-electron chi connectivity index (χ0n) is 12.2. The molecule has 0 N–H and O–H groups in total. The van der Waals surface area contributed by atoms with Crippen LogP contribution in [0.1, 0.15) is 38.2 Å². The summed E-state index contributed by atoms with van der Waals surface area (Å²) >= 11 is 0. The monoisotopic (exact) mass is 279 g/mol. The van der Waals surface area contributed by atoms with Crippen LogP contribution in [0, 0.1) is 5.21 Å². The Morgan fingerprint density at radius 3 is 2.55 bits per heavy atom. The summed E-state index contributed by atoms with van der Waals surface area (Å²) in [7, 11) is 1.64. The van der Waals surface area contributed by atoms with Gasteiger partial charge in [-0.1, -0.05) is 19.1 Å². The fourth-order valence-electron chi connectivity index (χ4n) is 2.50. The largest absolute Gasteiger partial charge is 0.497 e. The minimum absolute atomic E-state index is 0.0220. The van der Waals surface area contributed by atoms with Gasteiger partial charge < -0.3 is 14.3 Å². The number of rotatable bonds is 5. The summed E-state index contributed by atoms with van der Waals surface area (Å²) in [6.45, 7) is 4.37. The lowest BCUT2D eigenvalue weighted by molar-refractivity contribution is -0.772. The van der Waals surface area contributed by atoms with Crippen LogP contribution in [0.2, 0.25) is 0 Å². The Kier molecular flexibility index (Phi) is 4.84. The van der Waals surface area contributed by atoms with Crippen LogP contribution in [0.5, 0.6) is 5.75 Å². The third kappa shape index (κ3) is 3.04. The molecule has 2 atom stereocenters. The van der Waals surface area contributed by atoms with Gasteiger partial charge in [-0.15, -0.1) is 0 Å². The fraction of sp³-hybridized carbons (Fsp3) is 0.533. The summed E-state index contributed by atoms with van der Waals surface area (Å²) < 4.78 is 10.6. The summed E-state index contributed by atoms with van der Waals surface area (Å²) in [6.07, 6.45) is 0.820. The summed E-state index contributed by atoms with van der Waals surface area (Å²) in [5.74, 6) is 0.827. The summed E-state index contributed by atoms with van der Waals surface area (Å²) in [6, 6.07) is 7.79. The Morgan fingerprint density at radius 2 is 2.00 bits per heavy atom. The van der Waals surface area contributed by atoms with Gasteiger partial charge in [0.15, 0.2) is 6.29 Å². The van der Waals surface area contributed by atoms with E-state index in [1.165, 1.54) is 0 Å². The van der Waals surface area contributed by atoms with Crippen LogP contribution >= 0.6 is 0 Å². The van der Waals surface area contributed by atoms with Gasteiger partial charge in [-0.25, -0.2) is 0 Å². The van der Waals surface area contributed by atoms with Crippen LogP contribution in [0.15, 0.2) is 24.3 Å². The second-order valence-electron chi connectivity index (χ2n) is 4.65. The Morgan fingerprint density at radius 1 is 1.30 bits per heavy atom. The Balaban J connectivity index is 2.27. The molecule has 0 fully saturated rings. The van der Waals surface area contributed by atoms with Gasteiger partial charge in [0.05, 0.1) is 13.0 Å². The Labute approximate surface area is 119 Å². The average molecular weight is 279 g/mol. The smallest absolute Gasteiger partial charge is 0.229 e. The van der Waals surface area contributed by atoms with Crippen molar-refractivity contribution in [3.8, 4) is 5.75 Å². The topological polar surface area (TPSA) is 53.8 Å². The third-order valence-electron chi connectivity index (χ3n) is 3.51. The standard InChI is InChI=1S/C15H21NO4/c1-4-14-13(10-15(19-5-2)20-16(14)17)11-6-8-12(18-3)9-7-11/h6-9,13,15H,4-5,10H2,1-3H3/t13-,15-/m1/s1. The molecule has 1 aliphatic heterocycles. The molecular formula is C15H21NO4. The van der Waals surface area contributed by atoms with Gasteiger partial charge in [0.25, 0.3) is 0 Å². The minimum Gasteiger partial charge on any atom is -0.497 e. The molecule has 5 nitrogen and oxygen atoms in total. The molecular weight excluding hydrogens is 258 g/mol. The first kappa shape index (κ1) is 14.7. The Bertz CT molecular complexity index is 469.